The minimum Gasteiger partial charge on any atom is -0.497 e. The molecule has 3 rings (SSSR count). The van der Waals surface area contributed by atoms with Gasteiger partial charge in [0.2, 0.25) is 0 Å². The van der Waals surface area contributed by atoms with E-state index >= 15 is 0 Å². The Kier molecular flexibility index (Phi) is 7.45. The molecule has 3 aromatic rings. The van der Waals surface area contributed by atoms with Crippen LogP contribution in [0.3, 0.4) is 0 Å². The van der Waals surface area contributed by atoms with Crippen molar-refractivity contribution in [1.29, 1.82) is 0 Å². The average molecular weight is 469 g/mol. The van der Waals surface area contributed by atoms with E-state index in [0.717, 1.165) is 21.3 Å². The van der Waals surface area contributed by atoms with Crippen LogP contribution >= 0.6 is 15.9 Å². The smallest absolute Gasteiger partial charge is 0.271 e. The van der Waals surface area contributed by atoms with Gasteiger partial charge in [-0.3, -0.25) is 4.79 Å². The van der Waals surface area contributed by atoms with Crippen LogP contribution in [-0.4, -0.2) is 26.3 Å². The first-order valence-corrected chi connectivity index (χ1v) is 9.91. The molecule has 0 radical (unpaired) electrons. The first-order valence-electron chi connectivity index (χ1n) is 9.12. The van der Waals surface area contributed by atoms with E-state index in [0.29, 0.717) is 23.7 Å². The van der Waals surface area contributed by atoms with E-state index in [9.17, 15) is 4.79 Å². The van der Waals surface area contributed by atoms with Gasteiger partial charge >= 0.3 is 0 Å². The van der Waals surface area contributed by atoms with Gasteiger partial charge < -0.3 is 14.2 Å². The van der Waals surface area contributed by atoms with Gasteiger partial charge in [0.25, 0.3) is 5.91 Å². The summed E-state index contributed by atoms with van der Waals surface area (Å²) in [6.45, 7) is 0.382. The number of ether oxygens (including phenoxy) is 3. The Bertz CT molecular complexity index is 1040. The number of methoxy groups -OCH3 is 2. The van der Waals surface area contributed by atoms with E-state index < -0.39 is 0 Å². The highest BCUT2D eigenvalue weighted by Gasteiger charge is 2.11. The van der Waals surface area contributed by atoms with Gasteiger partial charge in [0.05, 0.1) is 20.4 Å². The zero-order valence-electron chi connectivity index (χ0n) is 16.6. The summed E-state index contributed by atoms with van der Waals surface area (Å²) in [5, 5.41) is 3.99. The second kappa shape index (κ2) is 10.5. The number of halogens is 1. The van der Waals surface area contributed by atoms with Crippen molar-refractivity contribution in [2.45, 2.75) is 6.61 Å². The Morgan fingerprint density at radius 1 is 1.00 bits per heavy atom. The third-order valence-electron chi connectivity index (χ3n) is 4.20. The summed E-state index contributed by atoms with van der Waals surface area (Å²) in [7, 11) is 3.14. The van der Waals surface area contributed by atoms with Gasteiger partial charge in [-0.05, 0) is 65.7 Å². The number of carbonyl (C=O) groups excluding carboxylic acids is 1. The lowest BCUT2D eigenvalue weighted by Gasteiger charge is -2.12. The largest absolute Gasteiger partial charge is 0.497 e. The molecule has 0 aromatic heterocycles. The maximum absolute atomic E-state index is 12.4. The molecule has 0 spiro atoms. The van der Waals surface area contributed by atoms with Crippen LogP contribution in [0.15, 0.2) is 76.3 Å². The number of rotatable bonds is 8. The van der Waals surface area contributed by atoms with E-state index in [1.165, 1.54) is 7.11 Å². The second-order valence-electron chi connectivity index (χ2n) is 6.26. The number of hydrogen-bond acceptors (Lipinski definition) is 5. The summed E-state index contributed by atoms with van der Waals surface area (Å²) in [6, 6.07) is 20.2. The van der Waals surface area contributed by atoms with Crippen LogP contribution in [0.1, 0.15) is 21.5 Å². The standard InChI is InChI=1S/C23H21BrN2O4/c1-28-20-9-6-16(7-10-20)14-25-26-23(27)18-8-11-21(22(13-18)29-2)30-15-17-4-3-5-19(24)12-17/h3-14H,15H2,1-2H3,(H,26,27)/b25-14+. The van der Waals surface area contributed by atoms with Crippen LogP contribution < -0.4 is 19.6 Å². The first kappa shape index (κ1) is 21.4. The van der Waals surface area contributed by atoms with Crippen LogP contribution in [0, 0.1) is 0 Å². The van der Waals surface area contributed by atoms with Crippen molar-refractivity contribution in [2.24, 2.45) is 5.10 Å². The number of hydrazone groups is 1. The average Bonchev–Trinajstić information content (AvgIpc) is 2.78. The number of nitrogens with one attached hydrogen (secondary N) is 1. The highest BCUT2D eigenvalue weighted by Crippen LogP contribution is 2.29. The first-order chi connectivity index (χ1) is 14.6. The van der Waals surface area contributed by atoms with Crippen LogP contribution in [0.2, 0.25) is 0 Å². The normalized spacial score (nSPS) is 10.6. The summed E-state index contributed by atoms with van der Waals surface area (Å²) in [5.41, 5.74) is 4.77. The van der Waals surface area contributed by atoms with Gasteiger partial charge in [-0.15, -0.1) is 0 Å². The Labute approximate surface area is 183 Å². The minimum absolute atomic E-state index is 0.350. The van der Waals surface area contributed by atoms with Crippen molar-refractivity contribution in [3.63, 3.8) is 0 Å². The molecule has 0 aliphatic rings. The van der Waals surface area contributed by atoms with Crippen molar-refractivity contribution < 1.29 is 19.0 Å². The molecule has 0 saturated carbocycles. The minimum atomic E-state index is -0.350. The van der Waals surface area contributed by atoms with Crippen LogP contribution in [0.25, 0.3) is 0 Å². The lowest BCUT2D eigenvalue weighted by Crippen LogP contribution is -2.17. The molecule has 6 nitrogen and oxygen atoms in total. The zero-order valence-corrected chi connectivity index (χ0v) is 18.2. The number of amides is 1. The highest BCUT2D eigenvalue weighted by atomic mass is 79.9. The molecule has 1 N–H and O–H groups in total. The van der Waals surface area contributed by atoms with Gasteiger partial charge in [-0.1, -0.05) is 28.1 Å². The van der Waals surface area contributed by atoms with Crippen molar-refractivity contribution in [2.75, 3.05) is 14.2 Å². The van der Waals surface area contributed by atoms with Crippen molar-refractivity contribution in [1.82, 2.24) is 5.43 Å². The maximum atomic E-state index is 12.4. The number of benzene rings is 3. The molecule has 0 aliphatic carbocycles. The fraction of sp³-hybridized carbons (Fsp3) is 0.130. The highest BCUT2D eigenvalue weighted by molar-refractivity contribution is 9.10. The zero-order chi connectivity index (χ0) is 21.3. The fourth-order valence-corrected chi connectivity index (χ4v) is 3.08. The lowest BCUT2D eigenvalue weighted by atomic mass is 10.2. The quantitative estimate of drug-likeness (QED) is 0.380. The topological polar surface area (TPSA) is 69.2 Å². The van der Waals surface area contributed by atoms with Crippen molar-refractivity contribution >= 4 is 28.1 Å². The van der Waals surface area contributed by atoms with Gasteiger partial charge in [0, 0.05) is 10.0 Å². The van der Waals surface area contributed by atoms with Crippen LogP contribution in [0.5, 0.6) is 17.2 Å². The molecular formula is C23H21BrN2O4. The molecule has 0 heterocycles. The van der Waals surface area contributed by atoms with Gasteiger partial charge in [-0.2, -0.15) is 5.10 Å². The van der Waals surface area contributed by atoms with Gasteiger partial charge in [0.1, 0.15) is 12.4 Å². The Morgan fingerprint density at radius 2 is 1.80 bits per heavy atom. The number of carbonyl (C=O) groups is 1. The van der Waals surface area contributed by atoms with E-state index in [1.807, 2.05) is 48.5 Å². The molecule has 0 bridgehead atoms. The third-order valence-corrected chi connectivity index (χ3v) is 4.70. The molecule has 0 fully saturated rings. The molecule has 154 valence electrons. The summed E-state index contributed by atoms with van der Waals surface area (Å²) in [6.07, 6.45) is 1.56. The Balaban J connectivity index is 1.62. The molecule has 7 heteroatoms. The molecule has 0 atom stereocenters. The SMILES string of the molecule is COc1ccc(/C=N/NC(=O)c2ccc(OCc3cccc(Br)c3)c(OC)c2)cc1. The third kappa shape index (κ3) is 5.84. The number of hydrogen-bond donors (Lipinski definition) is 1. The van der Waals surface area contributed by atoms with Crippen molar-refractivity contribution in [3.8, 4) is 17.2 Å². The molecule has 0 saturated heterocycles. The van der Waals surface area contributed by atoms with E-state index in [4.69, 9.17) is 14.2 Å². The van der Waals surface area contributed by atoms with Gasteiger partial charge in [0.15, 0.2) is 11.5 Å². The van der Waals surface area contributed by atoms with E-state index in [2.05, 4.69) is 26.5 Å². The monoisotopic (exact) mass is 468 g/mol. The predicted octanol–water partition coefficient (Wildman–Crippen LogP) is 4.81. The number of nitrogens with zero attached hydrogens (tertiary/aromatic N) is 1. The molecule has 0 aliphatic heterocycles. The molecule has 1 amide bonds. The van der Waals surface area contributed by atoms with Crippen LogP contribution in [0.4, 0.5) is 0 Å². The molecule has 0 unspecified atom stereocenters. The molecule has 30 heavy (non-hydrogen) atoms. The fourth-order valence-electron chi connectivity index (χ4n) is 2.64. The lowest BCUT2D eigenvalue weighted by molar-refractivity contribution is 0.0954. The van der Waals surface area contributed by atoms with E-state index in [1.54, 1.807) is 31.5 Å². The van der Waals surface area contributed by atoms with Gasteiger partial charge in [-0.25, -0.2) is 5.43 Å². The summed E-state index contributed by atoms with van der Waals surface area (Å²) in [5.74, 6) is 1.43. The summed E-state index contributed by atoms with van der Waals surface area (Å²) < 4.78 is 17.3. The van der Waals surface area contributed by atoms with Crippen molar-refractivity contribution in [3.05, 3.63) is 87.9 Å². The Morgan fingerprint density at radius 3 is 2.50 bits per heavy atom. The maximum Gasteiger partial charge on any atom is 0.271 e. The van der Waals surface area contributed by atoms with Crippen LogP contribution in [-0.2, 0) is 6.61 Å². The second-order valence-corrected chi connectivity index (χ2v) is 7.17. The Hall–Kier alpha value is -3.32. The summed E-state index contributed by atoms with van der Waals surface area (Å²) in [4.78, 5) is 12.4. The molecular weight excluding hydrogens is 448 g/mol. The predicted molar refractivity (Wildman–Crippen MR) is 120 cm³/mol. The van der Waals surface area contributed by atoms with E-state index in [-0.39, 0.29) is 5.91 Å². The summed E-state index contributed by atoms with van der Waals surface area (Å²) >= 11 is 3.44. The molecule has 3 aromatic carbocycles.